The Bertz CT molecular complexity index is 999. The third kappa shape index (κ3) is 3.85. The molecule has 142 valence electrons. The number of rotatable bonds is 5. The Kier molecular flexibility index (Phi) is 4.76. The SMILES string of the molecule is Cc1ccc2c(c1)N(CC(=O)Nc1ccc(Cn3cncn3)cc1)C(=O)CO2. The fourth-order valence-corrected chi connectivity index (χ4v) is 3.02. The molecule has 0 unspecified atom stereocenters. The number of ether oxygens (including phenoxy) is 1. The molecule has 1 aromatic heterocycles. The van der Waals surface area contributed by atoms with Gasteiger partial charge in [-0.1, -0.05) is 18.2 Å². The van der Waals surface area contributed by atoms with Crippen molar-refractivity contribution in [1.82, 2.24) is 14.8 Å². The number of aryl methyl sites for hydroxylation is 1. The first kappa shape index (κ1) is 17.7. The van der Waals surface area contributed by atoms with Crippen LogP contribution < -0.4 is 15.0 Å². The van der Waals surface area contributed by atoms with Crippen molar-refractivity contribution in [2.45, 2.75) is 13.5 Å². The number of hydrogen-bond donors (Lipinski definition) is 1. The van der Waals surface area contributed by atoms with Crippen LogP contribution in [0.25, 0.3) is 0 Å². The highest BCUT2D eigenvalue weighted by Crippen LogP contribution is 2.32. The van der Waals surface area contributed by atoms with Crippen LogP contribution >= 0.6 is 0 Å². The second-order valence-corrected chi connectivity index (χ2v) is 6.58. The minimum absolute atomic E-state index is 0.0691. The van der Waals surface area contributed by atoms with Gasteiger partial charge < -0.3 is 10.1 Å². The summed E-state index contributed by atoms with van der Waals surface area (Å²) in [5, 5.41) is 6.90. The summed E-state index contributed by atoms with van der Waals surface area (Å²) in [6.07, 6.45) is 3.13. The largest absolute Gasteiger partial charge is 0.482 e. The van der Waals surface area contributed by atoms with Crippen LogP contribution in [0.3, 0.4) is 0 Å². The summed E-state index contributed by atoms with van der Waals surface area (Å²) in [5.41, 5.74) is 3.31. The molecule has 0 bridgehead atoms. The van der Waals surface area contributed by atoms with E-state index in [0.717, 1.165) is 11.1 Å². The van der Waals surface area contributed by atoms with Gasteiger partial charge in [-0.2, -0.15) is 5.10 Å². The molecule has 1 aliphatic heterocycles. The smallest absolute Gasteiger partial charge is 0.265 e. The molecule has 0 atom stereocenters. The van der Waals surface area contributed by atoms with Crippen molar-refractivity contribution in [1.29, 1.82) is 0 Å². The van der Waals surface area contributed by atoms with Crippen LogP contribution in [0, 0.1) is 6.92 Å². The Morgan fingerprint density at radius 1 is 1.21 bits per heavy atom. The molecule has 0 fully saturated rings. The third-order valence-corrected chi connectivity index (χ3v) is 4.41. The maximum Gasteiger partial charge on any atom is 0.265 e. The van der Waals surface area contributed by atoms with E-state index in [1.54, 1.807) is 11.0 Å². The molecule has 0 saturated carbocycles. The van der Waals surface area contributed by atoms with Gasteiger partial charge in [0.1, 0.15) is 24.9 Å². The van der Waals surface area contributed by atoms with Crippen molar-refractivity contribution >= 4 is 23.2 Å². The molecule has 8 nitrogen and oxygen atoms in total. The first-order valence-electron chi connectivity index (χ1n) is 8.83. The average Bonchev–Trinajstić information content (AvgIpc) is 3.19. The Morgan fingerprint density at radius 3 is 2.79 bits per heavy atom. The number of benzene rings is 2. The topological polar surface area (TPSA) is 89.4 Å². The van der Waals surface area contributed by atoms with Crippen molar-refractivity contribution in [3.63, 3.8) is 0 Å². The number of anilines is 2. The van der Waals surface area contributed by atoms with Crippen LogP contribution in [-0.4, -0.2) is 39.7 Å². The summed E-state index contributed by atoms with van der Waals surface area (Å²) in [6.45, 7) is 2.39. The highest BCUT2D eigenvalue weighted by Gasteiger charge is 2.27. The van der Waals surface area contributed by atoms with E-state index in [-0.39, 0.29) is 25.0 Å². The lowest BCUT2D eigenvalue weighted by atomic mass is 10.1. The van der Waals surface area contributed by atoms with E-state index in [0.29, 0.717) is 23.7 Å². The van der Waals surface area contributed by atoms with Gasteiger partial charge in [0.2, 0.25) is 5.91 Å². The minimum Gasteiger partial charge on any atom is -0.482 e. The number of hydrogen-bond acceptors (Lipinski definition) is 5. The van der Waals surface area contributed by atoms with Gasteiger partial charge in [0, 0.05) is 5.69 Å². The second kappa shape index (κ2) is 7.51. The number of carbonyl (C=O) groups is 2. The van der Waals surface area contributed by atoms with E-state index in [1.165, 1.54) is 11.2 Å². The summed E-state index contributed by atoms with van der Waals surface area (Å²) in [7, 11) is 0. The van der Waals surface area contributed by atoms with Gasteiger partial charge in [-0.25, -0.2) is 9.67 Å². The van der Waals surface area contributed by atoms with Gasteiger partial charge in [0.25, 0.3) is 5.91 Å². The predicted molar refractivity (Wildman–Crippen MR) is 103 cm³/mol. The number of aromatic nitrogens is 3. The molecule has 0 spiro atoms. The summed E-state index contributed by atoms with van der Waals surface area (Å²) >= 11 is 0. The Morgan fingerprint density at radius 2 is 2.04 bits per heavy atom. The van der Waals surface area contributed by atoms with E-state index in [9.17, 15) is 9.59 Å². The number of fused-ring (bicyclic) bond motifs is 1. The van der Waals surface area contributed by atoms with Gasteiger partial charge in [-0.15, -0.1) is 0 Å². The first-order valence-corrected chi connectivity index (χ1v) is 8.83. The van der Waals surface area contributed by atoms with Gasteiger partial charge in [-0.05, 0) is 42.3 Å². The van der Waals surface area contributed by atoms with Gasteiger partial charge >= 0.3 is 0 Å². The molecule has 1 aliphatic rings. The first-order chi connectivity index (χ1) is 13.6. The standard InChI is InChI=1S/C20H19N5O3/c1-14-2-7-18-17(8-14)25(20(27)11-28-18)10-19(26)23-16-5-3-15(4-6-16)9-24-13-21-12-22-24/h2-8,12-13H,9-11H2,1H3,(H,23,26). The molecule has 1 N–H and O–H groups in total. The highest BCUT2D eigenvalue weighted by atomic mass is 16.5. The lowest BCUT2D eigenvalue weighted by Gasteiger charge is -2.29. The van der Waals surface area contributed by atoms with E-state index < -0.39 is 0 Å². The van der Waals surface area contributed by atoms with Crippen molar-refractivity contribution in [2.24, 2.45) is 0 Å². The predicted octanol–water partition coefficient (Wildman–Crippen LogP) is 2.00. The number of nitrogens with one attached hydrogen (secondary N) is 1. The van der Waals surface area contributed by atoms with Gasteiger partial charge in [0.15, 0.2) is 6.61 Å². The fourth-order valence-electron chi connectivity index (χ4n) is 3.02. The van der Waals surface area contributed by atoms with Crippen molar-refractivity contribution in [2.75, 3.05) is 23.4 Å². The van der Waals surface area contributed by atoms with Crippen molar-refractivity contribution in [3.8, 4) is 5.75 Å². The van der Waals surface area contributed by atoms with Gasteiger partial charge in [0.05, 0.1) is 12.2 Å². The number of carbonyl (C=O) groups excluding carboxylic acids is 2. The lowest BCUT2D eigenvalue weighted by Crippen LogP contribution is -2.43. The normalized spacial score (nSPS) is 13.0. The Hall–Kier alpha value is -3.68. The lowest BCUT2D eigenvalue weighted by molar-refractivity contribution is -0.123. The second-order valence-electron chi connectivity index (χ2n) is 6.58. The molecule has 2 amide bonds. The monoisotopic (exact) mass is 377 g/mol. The van der Waals surface area contributed by atoms with Crippen LogP contribution in [0.5, 0.6) is 5.75 Å². The van der Waals surface area contributed by atoms with Crippen molar-refractivity contribution < 1.29 is 14.3 Å². The Labute approximate surface area is 161 Å². The molecule has 2 aromatic carbocycles. The zero-order valence-corrected chi connectivity index (χ0v) is 15.3. The van der Waals surface area contributed by atoms with Crippen LogP contribution in [-0.2, 0) is 16.1 Å². The molecular formula is C20H19N5O3. The van der Waals surface area contributed by atoms with Crippen LogP contribution in [0.1, 0.15) is 11.1 Å². The summed E-state index contributed by atoms with van der Waals surface area (Å²) in [4.78, 5) is 30.1. The van der Waals surface area contributed by atoms with Crippen molar-refractivity contribution in [3.05, 3.63) is 66.2 Å². The molecule has 0 aliphatic carbocycles. The zero-order chi connectivity index (χ0) is 19.5. The molecular weight excluding hydrogens is 358 g/mol. The maximum atomic E-state index is 12.5. The Balaban J connectivity index is 1.42. The van der Waals surface area contributed by atoms with E-state index >= 15 is 0 Å². The summed E-state index contributed by atoms with van der Waals surface area (Å²) < 4.78 is 7.16. The van der Waals surface area contributed by atoms with E-state index in [2.05, 4.69) is 15.4 Å². The number of nitrogens with zero attached hydrogens (tertiary/aromatic N) is 4. The molecule has 0 saturated heterocycles. The zero-order valence-electron chi connectivity index (χ0n) is 15.3. The molecule has 8 heteroatoms. The summed E-state index contributed by atoms with van der Waals surface area (Å²) in [6, 6.07) is 13.0. The van der Waals surface area contributed by atoms with Gasteiger partial charge in [-0.3, -0.25) is 14.5 Å². The van der Waals surface area contributed by atoms with Crippen LogP contribution in [0.2, 0.25) is 0 Å². The molecule has 4 rings (SSSR count). The average molecular weight is 377 g/mol. The van der Waals surface area contributed by atoms with E-state index in [4.69, 9.17) is 4.74 Å². The quantitative estimate of drug-likeness (QED) is 0.735. The third-order valence-electron chi connectivity index (χ3n) is 4.41. The van der Waals surface area contributed by atoms with Crippen LogP contribution in [0.4, 0.5) is 11.4 Å². The van der Waals surface area contributed by atoms with E-state index in [1.807, 2.05) is 49.4 Å². The molecule has 0 radical (unpaired) electrons. The summed E-state index contributed by atoms with van der Waals surface area (Å²) in [5.74, 6) is 0.0960. The fraction of sp³-hybridized carbons (Fsp3) is 0.200. The van der Waals surface area contributed by atoms with Crippen LogP contribution in [0.15, 0.2) is 55.1 Å². The minimum atomic E-state index is -0.272. The molecule has 3 aromatic rings. The maximum absolute atomic E-state index is 12.5. The molecule has 28 heavy (non-hydrogen) atoms. The molecule has 2 heterocycles. The number of amides is 2. The highest BCUT2D eigenvalue weighted by molar-refractivity contribution is 6.05.